The Hall–Kier alpha value is -3.49. The molecule has 0 aromatic rings. The average molecular weight is 768 g/mol. The first kappa shape index (κ1) is 44.9. The van der Waals surface area contributed by atoms with Crippen LogP contribution in [0.25, 0.3) is 0 Å². The van der Waals surface area contributed by atoms with E-state index in [9.17, 15) is 45.0 Å². The van der Waals surface area contributed by atoms with Gasteiger partial charge in [0.2, 0.25) is 0 Å². The van der Waals surface area contributed by atoms with Gasteiger partial charge in [-0.15, -0.1) is 0 Å². The molecule has 0 spiro atoms. The van der Waals surface area contributed by atoms with Gasteiger partial charge in [-0.25, -0.2) is 9.59 Å². The number of carbonyl (C=O) groups excluding carboxylic acids is 2. The molecule has 3 aliphatic heterocycles. The number of hydrogen-bond donors (Lipinski definition) is 10. The van der Waals surface area contributed by atoms with Crippen molar-refractivity contribution in [3.8, 4) is 0 Å². The zero-order chi connectivity index (χ0) is 39.8. The van der Waals surface area contributed by atoms with Crippen LogP contribution >= 0.6 is 0 Å². The van der Waals surface area contributed by atoms with Gasteiger partial charge in [0.15, 0.2) is 12.1 Å². The third kappa shape index (κ3) is 15.0. The normalized spacial score (nSPS) is 40.5. The molecular formula is C37H57N3O14. The lowest BCUT2D eigenvalue weighted by atomic mass is 9.87. The first-order valence-electron chi connectivity index (χ1n) is 18.3. The number of allylic oxidation sites excluding steroid dienone is 6. The number of cyclic esters (lactones) is 1. The lowest BCUT2D eigenvalue weighted by Gasteiger charge is -2.46. The Bertz CT molecular complexity index is 1360. The van der Waals surface area contributed by atoms with E-state index in [1.54, 1.807) is 43.4 Å². The molecule has 17 nitrogen and oxygen atoms in total. The second kappa shape index (κ2) is 22.2. The number of aliphatic hydroxyl groups excluding tert-OH is 5. The summed E-state index contributed by atoms with van der Waals surface area (Å²) in [5.74, 6) is -3.95. The molecule has 3 heterocycles. The smallest absolute Gasteiger partial charge is 0.330 e. The third-order valence-electron chi connectivity index (χ3n) is 9.34. The number of aliphatic hydroxyl groups is 6. The number of hydrogen-bond acceptors (Lipinski definition) is 14. The Morgan fingerprint density at radius 3 is 2.35 bits per heavy atom. The predicted octanol–water partition coefficient (Wildman–Crippen LogP) is -0.207. The first-order valence-corrected chi connectivity index (χ1v) is 18.3. The van der Waals surface area contributed by atoms with Gasteiger partial charge in [0.05, 0.1) is 61.7 Å². The molecule has 1 unspecified atom stereocenters. The Labute approximate surface area is 314 Å². The average Bonchev–Trinajstić information content (AvgIpc) is 3.08. The summed E-state index contributed by atoms with van der Waals surface area (Å²) < 4.78 is 23.2. The molecule has 3 aliphatic rings. The van der Waals surface area contributed by atoms with Crippen molar-refractivity contribution < 1.29 is 69.1 Å². The standard InChI is InChI=1S/C37H57N3O14/c1-3-23-11-8-6-4-5-7-9-13-26(53-35-34(48)32(38)28(44)21-51-35)18-29-33(40-36(49)39-16-15-30(45)46)27(43)20-37(50,54-29)19-25(42)17-24(41)12-10-14-31(47)52-22(23)2/h4-11,13-14,22-29,32-35,41-44,48,50H,3,12,15-21,38H2,1-2H3,(H,45,46)(H2,39,40,49)/b6-4+,7-5+,11-8+,13-9+,14-10+/t22-,23+,24+,25+,26+,27+,28-,29+,32+,33?,34+,35+,37-/m1/s1. The Kier molecular flexibility index (Phi) is 18.4. The highest BCUT2D eigenvalue weighted by Gasteiger charge is 2.48. The topological polar surface area (TPSA) is 280 Å². The van der Waals surface area contributed by atoms with Crippen LogP contribution < -0.4 is 16.4 Å². The minimum atomic E-state index is -2.17. The second-order valence-corrected chi connectivity index (χ2v) is 13.8. The summed E-state index contributed by atoms with van der Waals surface area (Å²) in [6.45, 7) is 3.32. The van der Waals surface area contributed by atoms with Crippen LogP contribution in [-0.2, 0) is 28.5 Å². The van der Waals surface area contributed by atoms with E-state index in [2.05, 4.69) is 10.6 Å². The number of carboxylic acids is 1. The highest BCUT2D eigenvalue weighted by molar-refractivity contribution is 5.82. The minimum Gasteiger partial charge on any atom is -0.481 e. The molecular weight excluding hydrogens is 710 g/mol. The van der Waals surface area contributed by atoms with E-state index in [1.807, 2.05) is 19.1 Å². The Morgan fingerprint density at radius 2 is 1.67 bits per heavy atom. The summed E-state index contributed by atoms with van der Waals surface area (Å²) >= 11 is 0. The van der Waals surface area contributed by atoms with Crippen molar-refractivity contribution in [2.75, 3.05) is 13.2 Å². The fraction of sp³-hybridized carbons (Fsp3) is 0.649. The van der Waals surface area contributed by atoms with Crippen LogP contribution in [0.5, 0.6) is 0 Å². The molecule has 304 valence electrons. The number of fused-ring (bicyclic) bond motifs is 2. The quantitative estimate of drug-likeness (QED) is 0.150. The zero-order valence-electron chi connectivity index (χ0n) is 30.6. The van der Waals surface area contributed by atoms with Crippen LogP contribution in [0.4, 0.5) is 4.79 Å². The number of urea groups is 1. The lowest BCUT2D eigenvalue weighted by molar-refractivity contribution is -0.298. The summed E-state index contributed by atoms with van der Waals surface area (Å²) in [6, 6.07) is -3.10. The van der Waals surface area contributed by atoms with Crippen LogP contribution in [0.2, 0.25) is 0 Å². The van der Waals surface area contributed by atoms with Gasteiger partial charge in [-0.05, 0) is 26.2 Å². The summed E-state index contributed by atoms with van der Waals surface area (Å²) in [6.07, 6.45) is 5.11. The van der Waals surface area contributed by atoms with Crippen LogP contribution in [-0.4, -0.2) is 140 Å². The lowest BCUT2D eigenvalue weighted by Crippen LogP contribution is -2.63. The van der Waals surface area contributed by atoms with Crippen molar-refractivity contribution in [1.29, 1.82) is 0 Å². The maximum atomic E-state index is 12.8. The highest BCUT2D eigenvalue weighted by atomic mass is 16.7. The molecule has 13 atom stereocenters. The summed E-state index contributed by atoms with van der Waals surface area (Å²) in [7, 11) is 0. The van der Waals surface area contributed by atoms with Gasteiger partial charge in [0, 0.05) is 37.8 Å². The maximum Gasteiger partial charge on any atom is 0.330 e. The second-order valence-electron chi connectivity index (χ2n) is 13.8. The minimum absolute atomic E-state index is 0.00932. The van der Waals surface area contributed by atoms with E-state index in [4.69, 9.17) is 29.8 Å². The van der Waals surface area contributed by atoms with Gasteiger partial charge in [-0.2, -0.15) is 0 Å². The summed E-state index contributed by atoms with van der Waals surface area (Å²) in [5.41, 5.74) is 5.95. The van der Waals surface area contributed by atoms with Crippen molar-refractivity contribution in [3.63, 3.8) is 0 Å². The van der Waals surface area contributed by atoms with Crippen molar-refractivity contribution in [2.24, 2.45) is 11.7 Å². The summed E-state index contributed by atoms with van der Waals surface area (Å²) in [5, 5.41) is 79.1. The molecule has 17 heteroatoms. The van der Waals surface area contributed by atoms with Crippen LogP contribution in [0.3, 0.4) is 0 Å². The maximum absolute atomic E-state index is 12.8. The van der Waals surface area contributed by atoms with Gasteiger partial charge >= 0.3 is 18.0 Å². The summed E-state index contributed by atoms with van der Waals surface area (Å²) in [4.78, 5) is 36.1. The van der Waals surface area contributed by atoms with Gasteiger partial charge in [-0.3, -0.25) is 4.79 Å². The van der Waals surface area contributed by atoms with Crippen molar-refractivity contribution >= 4 is 18.0 Å². The first-order chi connectivity index (χ1) is 25.6. The van der Waals surface area contributed by atoms with E-state index < -0.39 is 104 Å². The number of rotatable bonds is 7. The Balaban J connectivity index is 1.95. The van der Waals surface area contributed by atoms with Gasteiger partial charge in [-0.1, -0.05) is 61.6 Å². The molecule has 2 bridgehead atoms. The SMILES string of the molecule is CC[C@H]1/C=C/C=C/C=C/C=C/[C@H](O[C@@H]2OC[C@@H](O)[C@H](N)[C@@H]2O)C[C@@H]2O[C@](O)(C[C@@H](O)C[C@@H](O)C/C=C/C(=O)O[C@@H]1C)C[C@H](O)C2NC(=O)NCCC(=O)O. The van der Waals surface area contributed by atoms with Gasteiger partial charge < -0.3 is 71.1 Å². The van der Waals surface area contributed by atoms with Crippen LogP contribution in [0.15, 0.2) is 60.8 Å². The highest BCUT2D eigenvalue weighted by Crippen LogP contribution is 2.35. The molecule has 11 N–H and O–H groups in total. The molecule has 0 aromatic carbocycles. The predicted molar refractivity (Wildman–Crippen MR) is 193 cm³/mol. The van der Waals surface area contributed by atoms with Crippen LogP contribution in [0.1, 0.15) is 58.8 Å². The number of esters is 1. The van der Waals surface area contributed by atoms with Crippen LogP contribution in [0, 0.1) is 5.92 Å². The monoisotopic (exact) mass is 767 g/mol. The van der Waals surface area contributed by atoms with E-state index in [0.717, 1.165) is 0 Å². The molecule has 2 amide bonds. The number of amides is 2. The number of carboxylic acid groups (broad SMARTS) is 1. The molecule has 54 heavy (non-hydrogen) atoms. The molecule has 3 rings (SSSR count). The molecule has 2 saturated heterocycles. The number of nitrogens with one attached hydrogen (secondary N) is 2. The third-order valence-corrected chi connectivity index (χ3v) is 9.34. The number of ether oxygens (including phenoxy) is 4. The number of aliphatic carboxylic acids is 1. The molecule has 0 radical (unpaired) electrons. The van der Waals surface area contributed by atoms with E-state index >= 15 is 0 Å². The van der Waals surface area contributed by atoms with Crippen molar-refractivity contribution in [1.82, 2.24) is 10.6 Å². The van der Waals surface area contributed by atoms with Gasteiger partial charge in [0.1, 0.15) is 12.2 Å². The molecule has 0 saturated carbocycles. The largest absolute Gasteiger partial charge is 0.481 e. The fourth-order valence-electron chi connectivity index (χ4n) is 6.39. The number of carbonyl (C=O) groups is 3. The zero-order valence-corrected chi connectivity index (χ0v) is 30.6. The van der Waals surface area contributed by atoms with E-state index in [-0.39, 0.29) is 44.8 Å². The Morgan fingerprint density at radius 1 is 0.981 bits per heavy atom. The molecule has 2 fully saturated rings. The molecule has 0 aliphatic carbocycles. The number of nitrogens with two attached hydrogens (primary N) is 1. The fourth-order valence-corrected chi connectivity index (χ4v) is 6.39. The van der Waals surface area contributed by atoms with Crippen molar-refractivity contribution in [3.05, 3.63) is 60.8 Å². The molecule has 0 aromatic heterocycles. The van der Waals surface area contributed by atoms with Gasteiger partial charge in [0.25, 0.3) is 0 Å². The van der Waals surface area contributed by atoms with E-state index in [0.29, 0.717) is 6.42 Å². The van der Waals surface area contributed by atoms with E-state index in [1.165, 1.54) is 12.2 Å². The van der Waals surface area contributed by atoms with Crippen molar-refractivity contribution in [2.45, 2.75) is 132 Å².